The summed E-state index contributed by atoms with van der Waals surface area (Å²) in [5.74, 6) is -0.894. The van der Waals surface area contributed by atoms with Crippen LogP contribution in [0.5, 0.6) is 0 Å². The zero-order chi connectivity index (χ0) is 14.3. The number of carbonyl (C=O) groups is 1. The number of aliphatic hydroxyl groups is 1. The highest BCUT2D eigenvalue weighted by molar-refractivity contribution is 7.92. The van der Waals surface area contributed by atoms with Crippen LogP contribution < -0.4 is 4.72 Å². The topological polar surface area (TPSA) is 92.7 Å². The second kappa shape index (κ2) is 7.03. The average molecular weight is 285 g/mol. The first-order valence-electron chi connectivity index (χ1n) is 5.43. The fraction of sp³-hybridized carbons (Fsp3) is 0.250. The number of aliphatic hydroxyl groups excluding tert-OH is 1. The molecule has 0 heterocycles. The lowest BCUT2D eigenvalue weighted by atomic mass is 10.2. The lowest BCUT2D eigenvalue weighted by Crippen LogP contribution is -2.36. The summed E-state index contributed by atoms with van der Waals surface area (Å²) >= 11 is 0. The molecule has 0 fully saturated rings. The second-order valence-corrected chi connectivity index (χ2v) is 5.30. The third-order valence-corrected chi connectivity index (χ3v) is 3.25. The van der Waals surface area contributed by atoms with Gasteiger partial charge in [-0.1, -0.05) is 30.3 Å². The van der Waals surface area contributed by atoms with Crippen molar-refractivity contribution in [1.82, 2.24) is 4.72 Å². The molecule has 0 bridgehead atoms. The lowest BCUT2D eigenvalue weighted by Gasteiger charge is -2.08. The number of methoxy groups -OCH3 is 1. The molecule has 1 aromatic rings. The highest BCUT2D eigenvalue weighted by atomic mass is 32.2. The highest BCUT2D eigenvalue weighted by Crippen LogP contribution is 2.02. The SMILES string of the molecule is COC(=O)C(O)CNS(=O)(=O)/C=C/c1ccccc1. The number of nitrogens with one attached hydrogen (secondary N) is 1. The van der Waals surface area contributed by atoms with E-state index in [1.165, 1.54) is 6.08 Å². The molecule has 104 valence electrons. The molecule has 0 saturated carbocycles. The maximum absolute atomic E-state index is 11.6. The van der Waals surface area contributed by atoms with E-state index in [4.69, 9.17) is 0 Å². The van der Waals surface area contributed by atoms with Gasteiger partial charge in [-0.25, -0.2) is 17.9 Å². The van der Waals surface area contributed by atoms with E-state index in [2.05, 4.69) is 9.46 Å². The Balaban J connectivity index is 2.58. The molecular weight excluding hydrogens is 270 g/mol. The van der Waals surface area contributed by atoms with E-state index < -0.39 is 28.6 Å². The van der Waals surface area contributed by atoms with Crippen LogP contribution in [0.3, 0.4) is 0 Å². The van der Waals surface area contributed by atoms with Gasteiger partial charge >= 0.3 is 5.97 Å². The molecule has 0 spiro atoms. The number of carbonyl (C=O) groups excluding carboxylic acids is 1. The third-order valence-electron chi connectivity index (χ3n) is 2.19. The van der Waals surface area contributed by atoms with Gasteiger partial charge in [-0.3, -0.25) is 0 Å². The van der Waals surface area contributed by atoms with Crippen LogP contribution in [-0.2, 0) is 19.6 Å². The second-order valence-electron chi connectivity index (χ2n) is 3.65. The van der Waals surface area contributed by atoms with Gasteiger partial charge in [-0.15, -0.1) is 0 Å². The van der Waals surface area contributed by atoms with Crippen LogP contribution in [0.25, 0.3) is 6.08 Å². The smallest absolute Gasteiger partial charge is 0.336 e. The maximum atomic E-state index is 11.6. The number of rotatable bonds is 6. The molecule has 1 unspecified atom stereocenters. The van der Waals surface area contributed by atoms with Crippen molar-refractivity contribution in [1.29, 1.82) is 0 Å². The molecule has 2 N–H and O–H groups in total. The van der Waals surface area contributed by atoms with Gasteiger partial charge in [0.25, 0.3) is 0 Å². The summed E-state index contributed by atoms with van der Waals surface area (Å²) in [4.78, 5) is 10.9. The van der Waals surface area contributed by atoms with Gasteiger partial charge in [0.15, 0.2) is 6.10 Å². The quantitative estimate of drug-likeness (QED) is 0.724. The Bertz CT molecular complexity index is 538. The van der Waals surface area contributed by atoms with E-state index in [0.717, 1.165) is 18.1 Å². The summed E-state index contributed by atoms with van der Waals surface area (Å²) in [7, 11) is -2.61. The van der Waals surface area contributed by atoms with Crippen LogP contribution in [0.1, 0.15) is 5.56 Å². The highest BCUT2D eigenvalue weighted by Gasteiger charge is 2.17. The predicted molar refractivity (Wildman–Crippen MR) is 70.4 cm³/mol. The summed E-state index contributed by atoms with van der Waals surface area (Å²) in [5, 5.41) is 10.2. The van der Waals surface area contributed by atoms with Crippen LogP contribution in [0, 0.1) is 0 Å². The molecule has 7 heteroatoms. The van der Waals surface area contributed by atoms with Crippen molar-refractivity contribution in [3.05, 3.63) is 41.3 Å². The van der Waals surface area contributed by atoms with Crippen LogP contribution in [-0.4, -0.2) is 39.3 Å². The van der Waals surface area contributed by atoms with Gasteiger partial charge in [0.05, 0.1) is 7.11 Å². The summed E-state index contributed by atoms with van der Waals surface area (Å²) in [5.41, 5.74) is 0.724. The molecule has 0 aromatic heterocycles. The molecule has 0 aliphatic heterocycles. The van der Waals surface area contributed by atoms with E-state index in [9.17, 15) is 18.3 Å². The van der Waals surface area contributed by atoms with Gasteiger partial charge < -0.3 is 9.84 Å². The fourth-order valence-corrected chi connectivity index (χ4v) is 2.02. The minimum Gasteiger partial charge on any atom is -0.467 e. The minimum absolute atomic E-state index is 0.436. The first kappa shape index (κ1) is 15.4. The van der Waals surface area contributed by atoms with Crippen LogP contribution in [0.2, 0.25) is 0 Å². The van der Waals surface area contributed by atoms with Crippen molar-refractivity contribution in [2.24, 2.45) is 0 Å². The van der Waals surface area contributed by atoms with Crippen molar-refractivity contribution in [2.45, 2.75) is 6.10 Å². The zero-order valence-corrected chi connectivity index (χ0v) is 11.1. The van der Waals surface area contributed by atoms with E-state index in [-0.39, 0.29) is 0 Å². The van der Waals surface area contributed by atoms with E-state index in [1.54, 1.807) is 24.3 Å². The lowest BCUT2D eigenvalue weighted by molar-refractivity contribution is -0.149. The number of sulfonamides is 1. The molecule has 0 saturated heterocycles. The molecule has 0 amide bonds. The van der Waals surface area contributed by atoms with Crippen molar-refractivity contribution in [3.63, 3.8) is 0 Å². The minimum atomic E-state index is -3.71. The zero-order valence-electron chi connectivity index (χ0n) is 10.3. The monoisotopic (exact) mass is 285 g/mol. The summed E-state index contributed by atoms with van der Waals surface area (Å²) in [6.45, 7) is -0.436. The average Bonchev–Trinajstić information content (AvgIpc) is 2.43. The van der Waals surface area contributed by atoms with Crippen molar-refractivity contribution in [2.75, 3.05) is 13.7 Å². The standard InChI is InChI=1S/C12H15NO5S/c1-18-12(15)11(14)9-13-19(16,17)8-7-10-5-3-2-4-6-10/h2-8,11,13-14H,9H2,1H3/b8-7+. The maximum Gasteiger partial charge on any atom is 0.336 e. The van der Waals surface area contributed by atoms with Crippen molar-refractivity contribution >= 4 is 22.1 Å². The Morgan fingerprint density at radius 3 is 2.63 bits per heavy atom. The van der Waals surface area contributed by atoms with Gasteiger partial charge in [-0.05, 0) is 11.6 Å². The van der Waals surface area contributed by atoms with Crippen molar-refractivity contribution in [3.8, 4) is 0 Å². The molecule has 19 heavy (non-hydrogen) atoms. The molecule has 1 atom stereocenters. The summed E-state index contributed by atoms with van der Waals surface area (Å²) in [6, 6.07) is 8.86. The third kappa shape index (κ3) is 5.64. The molecule has 1 rings (SSSR count). The largest absolute Gasteiger partial charge is 0.467 e. The predicted octanol–water partition coefficient (Wildman–Crippen LogP) is 0.111. The molecule has 6 nitrogen and oxygen atoms in total. The Kier molecular flexibility index (Phi) is 5.68. The Morgan fingerprint density at radius 2 is 2.05 bits per heavy atom. The summed E-state index contributed by atoms with van der Waals surface area (Å²) < 4.78 is 29.5. The van der Waals surface area contributed by atoms with Gasteiger partial charge in [0.2, 0.25) is 10.0 Å². The molecule has 0 radical (unpaired) electrons. The van der Waals surface area contributed by atoms with Gasteiger partial charge in [-0.2, -0.15) is 0 Å². The number of hydrogen-bond acceptors (Lipinski definition) is 5. The van der Waals surface area contributed by atoms with Crippen LogP contribution >= 0.6 is 0 Å². The first-order valence-corrected chi connectivity index (χ1v) is 6.98. The molecule has 1 aromatic carbocycles. The molecular formula is C12H15NO5S. The van der Waals surface area contributed by atoms with Gasteiger partial charge in [0.1, 0.15) is 0 Å². The Morgan fingerprint density at radius 1 is 1.42 bits per heavy atom. The van der Waals surface area contributed by atoms with E-state index in [0.29, 0.717) is 0 Å². The number of ether oxygens (including phenoxy) is 1. The van der Waals surface area contributed by atoms with Crippen molar-refractivity contribution < 1.29 is 23.1 Å². The van der Waals surface area contributed by atoms with Gasteiger partial charge in [0, 0.05) is 12.0 Å². The molecule has 0 aliphatic rings. The van der Waals surface area contributed by atoms with Crippen LogP contribution in [0.15, 0.2) is 35.7 Å². The summed E-state index contributed by atoms with van der Waals surface area (Å²) in [6.07, 6.45) is -0.114. The Hall–Kier alpha value is -1.70. The normalized spacial score (nSPS) is 13.4. The first-order chi connectivity index (χ1) is 8.94. The fourth-order valence-electron chi connectivity index (χ4n) is 1.19. The number of hydrogen-bond donors (Lipinski definition) is 2. The molecule has 0 aliphatic carbocycles. The van der Waals surface area contributed by atoms with E-state index >= 15 is 0 Å². The Labute approximate surface area is 111 Å². The number of esters is 1. The van der Waals surface area contributed by atoms with E-state index in [1.807, 2.05) is 6.07 Å². The number of benzene rings is 1. The van der Waals surface area contributed by atoms with Crippen LogP contribution in [0.4, 0.5) is 0 Å².